The largest absolute Gasteiger partial charge is 0.370 e. The first-order chi connectivity index (χ1) is 4.70. The van der Waals surface area contributed by atoms with Crippen LogP contribution in [0.2, 0.25) is 0 Å². The second-order valence-electron chi connectivity index (χ2n) is 2.41. The van der Waals surface area contributed by atoms with Gasteiger partial charge in [0.05, 0.1) is 6.61 Å². The van der Waals surface area contributed by atoms with Crippen LogP contribution in [0.3, 0.4) is 0 Å². The minimum atomic E-state index is -0.568. The molecule has 1 unspecified atom stereocenters. The van der Waals surface area contributed by atoms with Crippen molar-refractivity contribution in [3.8, 4) is 0 Å². The minimum absolute atomic E-state index is 0.228. The molecule has 1 saturated heterocycles. The smallest absolute Gasteiger partial charge is 0.239 e. The number of nitrogens with zero attached hydrogens (tertiary/aromatic N) is 1. The Morgan fingerprint density at radius 1 is 1.80 bits per heavy atom. The van der Waals surface area contributed by atoms with Gasteiger partial charge in [-0.1, -0.05) is 6.58 Å². The Balaban J connectivity index is 2.47. The van der Waals surface area contributed by atoms with Gasteiger partial charge in [0.15, 0.2) is 0 Å². The van der Waals surface area contributed by atoms with Gasteiger partial charge in [0.2, 0.25) is 6.04 Å². The van der Waals surface area contributed by atoms with E-state index in [2.05, 4.69) is 6.58 Å². The van der Waals surface area contributed by atoms with Gasteiger partial charge in [0.1, 0.15) is 6.61 Å². The van der Waals surface area contributed by atoms with Gasteiger partial charge in [-0.3, -0.25) is 10.1 Å². The summed E-state index contributed by atoms with van der Waals surface area (Å²) in [5, 5.41) is 10.2. The fraction of sp³-hybridized carbons (Fsp3) is 0.667. The standard InChI is InChI=1S/C6H9NO3/c1-5-2-6(7(8)9)4-10-3-5/h6H,1-4H2. The van der Waals surface area contributed by atoms with Crippen LogP contribution in [0.15, 0.2) is 12.2 Å². The van der Waals surface area contributed by atoms with E-state index in [0.717, 1.165) is 5.57 Å². The molecule has 0 aliphatic carbocycles. The van der Waals surface area contributed by atoms with Crippen molar-refractivity contribution in [3.63, 3.8) is 0 Å². The van der Waals surface area contributed by atoms with Crippen LogP contribution in [-0.4, -0.2) is 24.2 Å². The monoisotopic (exact) mass is 143 g/mol. The molecule has 0 aromatic rings. The first-order valence-electron chi connectivity index (χ1n) is 3.08. The Hall–Kier alpha value is -0.900. The van der Waals surface area contributed by atoms with Crippen LogP contribution in [0.1, 0.15) is 6.42 Å². The van der Waals surface area contributed by atoms with Crippen molar-refractivity contribution in [2.45, 2.75) is 12.5 Å². The summed E-state index contributed by atoms with van der Waals surface area (Å²) in [6, 6.07) is -0.568. The van der Waals surface area contributed by atoms with Gasteiger partial charge in [-0.2, -0.15) is 0 Å². The molecule has 1 fully saturated rings. The lowest BCUT2D eigenvalue weighted by atomic mass is 10.1. The zero-order valence-electron chi connectivity index (χ0n) is 5.58. The summed E-state index contributed by atoms with van der Waals surface area (Å²) in [7, 11) is 0. The third-order valence-corrected chi connectivity index (χ3v) is 1.44. The summed E-state index contributed by atoms with van der Waals surface area (Å²) >= 11 is 0. The summed E-state index contributed by atoms with van der Waals surface area (Å²) in [4.78, 5) is 9.87. The molecular weight excluding hydrogens is 134 g/mol. The van der Waals surface area contributed by atoms with E-state index in [1.54, 1.807) is 0 Å². The van der Waals surface area contributed by atoms with Crippen LogP contribution >= 0.6 is 0 Å². The van der Waals surface area contributed by atoms with E-state index in [1.807, 2.05) is 0 Å². The lowest BCUT2D eigenvalue weighted by molar-refractivity contribution is -0.528. The first kappa shape index (κ1) is 7.21. The maximum absolute atomic E-state index is 10.2. The van der Waals surface area contributed by atoms with E-state index >= 15 is 0 Å². The Morgan fingerprint density at radius 3 is 2.90 bits per heavy atom. The van der Waals surface area contributed by atoms with Crippen molar-refractivity contribution in [1.29, 1.82) is 0 Å². The second-order valence-corrected chi connectivity index (χ2v) is 2.41. The van der Waals surface area contributed by atoms with E-state index in [-0.39, 0.29) is 11.5 Å². The lowest BCUT2D eigenvalue weighted by Crippen LogP contribution is -2.30. The number of nitro groups is 1. The molecule has 0 N–H and O–H groups in total. The van der Waals surface area contributed by atoms with Crippen LogP contribution < -0.4 is 0 Å². The topological polar surface area (TPSA) is 52.4 Å². The molecule has 0 aromatic carbocycles. The highest BCUT2D eigenvalue weighted by Crippen LogP contribution is 2.12. The highest BCUT2D eigenvalue weighted by atomic mass is 16.6. The Bertz CT molecular complexity index is 164. The van der Waals surface area contributed by atoms with Crippen LogP contribution in [-0.2, 0) is 4.74 Å². The summed E-state index contributed by atoms with van der Waals surface area (Å²) < 4.78 is 4.91. The molecule has 56 valence electrons. The highest BCUT2D eigenvalue weighted by Gasteiger charge is 2.25. The first-order valence-corrected chi connectivity index (χ1v) is 3.08. The van der Waals surface area contributed by atoms with E-state index in [9.17, 15) is 10.1 Å². The van der Waals surface area contributed by atoms with Crippen LogP contribution in [0.5, 0.6) is 0 Å². The quantitative estimate of drug-likeness (QED) is 0.307. The van der Waals surface area contributed by atoms with E-state index in [4.69, 9.17) is 4.74 Å². The summed E-state index contributed by atoms with van der Waals surface area (Å²) in [5.41, 5.74) is 0.813. The molecule has 10 heavy (non-hydrogen) atoms. The number of hydrogen-bond acceptors (Lipinski definition) is 3. The van der Waals surface area contributed by atoms with Crippen LogP contribution in [0.4, 0.5) is 0 Å². The molecule has 1 aliphatic heterocycles. The van der Waals surface area contributed by atoms with E-state index < -0.39 is 6.04 Å². The van der Waals surface area contributed by atoms with Crippen molar-refractivity contribution < 1.29 is 9.66 Å². The van der Waals surface area contributed by atoms with Crippen molar-refractivity contribution in [1.82, 2.24) is 0 Å². The molecule has 0 saturated carbocycles. The third kappa shape index (κ3) is 1.54. The van der Waals surface area contributed by atoms with Crippen molar-refractivity contribution in [2.75, 3.05) is 13.2 Å². The number of ether oxygens (including phenoxy) is 1. The summed E-state index contributed by atoms with van der Waals surface area (Å²) in [6.45, 7) is 4.32. The normalized spacial score (nSPS) is 26.4. The highest BCUT2D eigenvalue weighted by molar-refractivity contribution is 4.98. The lowest BCUT2D eigenvalue weighted by Gasteiger charge is -2.16. The van der Waals surface area contributed by atoms with Crippen LogP contribution in [0.25, 0.3) is 0 Å². The predicted octanol–water partition coefficient (Wildman–Crippen LogP) is 0.608. The Labute approximate surface area is 58.6 Å². The van der Waals surface area contributed by atoms with E-state index in [1.165, 1.54) is 0 Å². The molecule has 0 spiro atoms. The molecule has 1 rings (SSSR count). The second kappa shape index (κ2) is 2.79. The van der Waals surface area contributed by atoms with Crippen LogP contribution in [0, 0.1) is 10.1 Å². The number of hydrogen-bond donors (Lipinski definition) is 0. The molecule has 1 aliphatic rings. The fourth-order valence-corrected chi connectivity index (χ4v) is 0.926. The van der Waals surface area contributed by atoms with E-state index in [0.29, 0.717) is 13.0 Å². The third-order valence-electron chi connectivity index (χ3n) is 1.44. The van der Waals surface area contributed by atoms with Gasteiger partial charge < -0.3 is 4.74 Å². The zero-order chi connectivity index (χ0) is 7.56. The molecule has 0 aromatic heterocycles. The Morgan fingerprint density at radius 2 is 2.50 bits per heavy atom. The average Bonchev–Trinajstić information content (AvgIpc) is 1.88. The molecule has 4 heteroatoms. The maximum atomic E-state index is 10.2. The number of rotatable bonds is 1. The predicted molar refractivity (Wildman–Crippen MR) is 35.4 cm³/mol. The molecule has 1 atom stereocenters. The van der Waals surface area contributed by atoms with Gasteiger partial charge >= 0.3 is 0 Å². The average molecular weight is 143 g/mol. The molecule has 0 bridgehead atoms. The minimum Gasteiger partial charge on any atom is -0.370 e. The Kier molecular flexibility index (Phi) is 2.01. The maximum Gasteiger partial charge on any atom is 0.239 e. The van der Waals surface area contributed by atoms with Crippen molar-refractivity contribution in [3.05, 3.63) is 22.3 Å². The summed E-state index contributed by atoms with van der Waals surface area (Å²) in [5.74, 6) is 0. The SMILES string of the molecule is C=C1COCC([N+](=O)[O-])C1. The van der Waals surface area contributed by atoms with Gasteiger partial charge in [-0.05, 0) is 5.57 Å². The molecule has 0 amide bonds. The molecule has 4 nitrogen and oxygen atoms in total. The van der Waals surface area contributed by atoms with Crippen molar-refractivity contribution >= 4 is 0 Å². The molecule has 1 heterocycles. The van der Waals surface area contributed by atoms with Gasteiger partial charge in [0.25, 0.3) is 0 Å². The van der Waals surface area contributed by atoms with Crippen molar-refractivity contribution in [2.24, 2.45) is 0 Å². The summed E-state index contributed by atoms with van der Waals surface area (Å²) in [6.07, 6.45) is 0.465. The fourth-order valence-electron chi connectivity index (χ4n) is 0.926. The molecular formula is C6H9NO3. The van der Waals surface area contributed by atoms with Gasteiger partial charge in [-0.25, -0.2) is 0 Å². The van der Waals surface area contributed by atoms with Gasteiger partial charge in [-0.15, -0.1) is 0 Å². The molecule has 0 radical (unpaired) electrons. The van der Waals surface area contributed by atoms with Gasteiger partial charge in [0, 0.05) is 11.3 Å². The zero-order valence-corrected chi connectivity index (χ0v) is 5.58.